The summed E-state index contributed by atoms with van der Waals surface area (Å²) in [6.07, 6.45) is 6.14. The van der Waals surface area contributed by atoms with E-state index in [9.17, 15) is 27.9 Å². The van der Waals surface area contributed by atoms with E-state index in [1.54, 1.807) is 20.8 Å². The second-order valence-electron chi connectivity index (χ2n) is 5.79. The van der Waals surface area contributed by atoms with E-state index in [1.807, 2.05) is 0 Å². The molecule has 9 nitrogen and oxygen atoms in total. The van der Waals surface area contributed by atoms with Gasteiger partial charge in [0, 0.05) is 12.2 Å². The molecule has 0 aliphatic carbocycles. The summed E-state index contributed by atoms with van der Waals surface area (Å²) in [4.78, 5) is 33.9. The molecule has 2 N–H and O–H groups in total. The fourth-order valence-electron chi connectivity index (χ4n) is 1.63. The van der Waals surface area contributed by atoms with Crippen molar-refractivity contribution in [2.75, 3.05) is 19.0 Å². The number of carbonyl (C=O) groups excluding carboxylic acids is 2. The number of ether oxygens (including phenoxy) is 2. The van der Waals surface area contributed by atoms with Gasteiger partial charge in [-0.05, 0) is 20.3 Å². The zero-order valence-electron chi connectivity index (χ0n) is 16.7. The molecule has 0 bridgehead atoms. The van der Waals surface area contributed by atoms with Crippen molar-refractivity contribution in [3.8, 4) is 0 Å². The molecule has 0 fully saturated rings. The minimum atomic E-state index is -3.66. The summed E-state index contributed by atoms with van der Waals surface area (Å²) >= 11 is 0.706. The standard InChI is InChI=1S/C14H20O6.C3H7O3S.K/c1-4-7-11(15)19-9-14(6-3,13(17)18)10-20-12(16)8-5-2;1-2-3-7(4,5)6;/h4-5,7-8H,6,9-10H2,1-3H3,(H,17,18);1-3H2,(H,4,5,6);. The van der Waals surface area contributed by atoms with E-state index in [1.165, 1.54) is 24.3 Å². The Morgan fingerprint density at radius 3 is 1.68 bits per heavy atom. The predicted molar refractivity (Wildman–Crippen MR) is 103 cm³/mol. The summed E-state index contributed by atoms with van der Waals surface area (Å²) in [6, 6.07) is 0. The van der Waals surface area contributed by atoms with Gasteiger partial charge in [-0.25, -0.2) is 9.59 Å². The van der Waals surface area contributed by atoms with Crippen molar-refractivity contribution in [3.05, 3.63) is 24.3 Å². The van der Waals surface area contributed by atoms with E-state index >= 15 is 0 Å². The third-order valence-electron chi connectivity index (χ3n) is 3.47. The predicted octanol–water partition coefficient (Wildman–Crippen LogP) is 1.56. The van der Waals surface area contributed by atoms with Crippen molar-refractivity contribution in [1.82, 2.24) is 0 Å². The molecule has 0 aromatic heterocycles. The first-order valence-electron chi connectivity index (χ1n) is 8.75. The molecule has 0 rings (SSSR count). The van der Waals surface area contributed by atoms with Gasteiger partial charge in [-0.15, -0.1) is 0 Å². The van der Waals surface area contributed by atoms with Crippen LogP contribution >= 0.6 is 0 Å². The van der Waals surface area contributed by atoms with Crippen molar-refractivity contribution in [2.45, 2.75) is 34.1 Å². The van der Waals surface area contributed by atoms with Gasteiger partial charge in [-0.1, -0.05) is 19.1 Å². The number of carboxylic acid groups (broad SMARTS) is 1. The van der Waals surface area contributed by atoms with Crippen molar-refractivity contribution >= 4 is 77.0 Å². The monoisotopic (exact) mass is 446 g/mol. The zero-order chi connectivity index (χ0) is 22.2. The van der Waals surface area contributed by atoms with Crippen LogP contribution < -0.4 is 0 Å². The van der Waals surface area contributed by atoms with Gasteiger partial charge >= 0.3 is 103 Å². The Balaban J connectivity index is 0. The van der Waals surface area contributed by atoms with Crippen LogP contribution in [0.2, 0.25) is 0.515 Å². The topological polar surface area (TPSA) is 144 Å². The molecular weight excluding hydrogens is 419 g/mol. The third kappa shape index (κ3) is 15.4. The number of carbonyl (C=O) groups is 3. The Morgan fingerprint density at radius 1 is 1.04 bits per heavy atom. The van der Waals surface area contributed by atoms with E-state index in [-0.39, 0.29) is 25.4 Å². The van der Waals surface area contributed by atoms with Gasteiger partial charge in [0.05, 0.1) is 0 Å². The molecule has 0 saturated heterocycles. The van der Waals surface area contributed by atoms with Gasteiger partial charge in [0.1, 0.15) is 18.6 Å². The van der Waals surface area contributed by atoms with Gasteiger partial charge in [0.2, 0.25) is 0 Å². The number of allylic oxidation sites excluding steroid dienone is 2. The summed E-state index contributed by atoms with van der Waals surface area (Å²) in [6.45, 7) is 4.20. The van der Waals surface area contributed by atoms with E-state index in [2.05, 4.69) is 0 Å². The van der Waals surface area contributed by atoms with E-state index in [0.717, 1.165) is 0.515 Å². The number of rotatable bonds is 11. The molecule has 0 spiro atoms. The first-order valence-corrected chi connectivity index (χ1v) is 12.6. The van der Waals surface area contributed by atoms with Crippen LogP contribution in [0.4, 0.5) is 0 Å². The summed E-state index contributed by atoms with van der Waals surface area (Å²) in [5.74, 6) is -2.51. The average Bonchev–Trinajstić information content (AvgIpc) is 2.60. The van der Waals surface area contributed by atoms with E-state index in [0.29, 0.717) is 55.4 Å². The number of hydrogen-bond acceptors (Lipinski definition) is 7. The molecule has 0 saturated carbocycles. The summed E-state index contributed by atoms with van der Waals surface area (Å²) in [5.41, 5.74) is -1.44. The second kappa shape index (κ2) is 16.3. The van der Waals surface area contributed by atoms with Crippen LogP contribution in [-0.2, 0) is 34.0 Å². The van der Waals surface area contributed by atoms with Gasteiger partial charge in [0.15, 0.2) is 0 Å². The number of hydrogen-bond donors (Lipinski definition) is 2. The van der Waals surface area contributed by atoms with Crippen LogP contribution in [0.5, 0.6) is 0 Å². The van der Waals surface area contributed by atoms with Crippen LogP contribution in [0.15, 0.2) is 24.3 Å². The Morgan fingerprint density at radius 2 is 1.46 bits per heavy atom. The van der Waals surface area contributed by atoms with Gasteiger partial charge in [0.25, 0.3) is 0 Å². The number of carboxylic acids is 1. The molecule has 11 heteroatoms. The number of aliphatic carboxylic acids is 1. The van der Waals surface area contributed by atoms with Gasteiger partial charge < -0.3 is 14.6 Å². The Labute approximate surface area is 199 Å². The van der Waals surface area contributed by atoms with Crippen LogP contribution in [-0.4, -0.2) is 104 Å². The van der Waals surface area contributed by atoms with Crippen molar-refractivity contribution in [3.63, 3.8) is 0 Å². The molecule has 0 atom stereocenters. The van der Waals surface area contributed by atoms with Crippen molar-refractivity contribution in [2.24, 2.45) is 5.41 Å². The third-order valence-corrected chi connectivity index (χ3v) is 5.38. The maximum absolute atomic E-state index is 11.4. The summed E-state index contributed by atoms with van der Waals surface area (Å²) in [7, 11) is -3.66. The Hall–Kier alpha value is -0.564. The van der Waals surface area contributed by atoms with Crippen molar-refractivity contribution in [1.29, 1.82) is 0 Å². The molecule has 28 heavy (non-hydrogen) atoms. The SMILES string of the molecule is CC=CC(=O)OCC(CC)(COC(=O)C=CC)C(=O)O.O=S(=O)(O)CC[CH2][K]. The van der Waals surface area contributed by atoms with E-state index < -0.39 is 33.4 Å². The molecule has 0 radical (unpaired) electrons. The molecule has 0 aliphatic heterocycles. The summed E-state index contributed by atoms with van der Waals surface area (Å²) < 4.78 is 38.8. The first-order chi connectivity index (χ1) is 13.0. The molecule has 0 amide bonds. The molecular formula is C17H27KO9S. The second-order valence-corrected chi connectivity index (χ2v) is 8.93. The summed E-state index contributed by atoms with van der Waals surface area (Å²) in [5, 5.41) is 9.29. The average molecular weight is 447 g/mol. The normalized spacial score (nSPS) is 13.5. The molecule has 0 aromatic carbocycles. The maximum atomic E-state index is 11.4. The van der Waals surface area contributed by atoms with Crippen LogP contribution in [0, 0.1) is 5.41 Å². The van der Waals surface area contributed by atoms with Crippen LogP contribution in [0.25, 0.3) is 0 Å². The molecule has 0 aromatic rings. The fraction of sp³-hybridized carbons (Fsp3) is 0.588. The number of esters is 2. The van der Waals surface area contributed by atoms with Gasteiger partial charge in [-0.2, -0.15) is 0 Å². The fourth-order valence-corrected chi connectivity index (χ4v) is 3.64. The molecule has 0 unspecified atom stereocenters. The Kier molecular flexibility index (Phi) is 17.2. The quantitative estimate of drug-likeness (QED) is 0.209. The zero-order valence-corrected chi connectivity index (χ0v) is 20.7. The Bertz CT molecular complexity index is 626. The first kappa shape index (κ1) is 29.6. The van der Waals surface area contributed by atoms with Gasteiger partial charge in [-0.3, -0.25) is 4.79 Å². The molecule has 156 valence electrons. The molecule has 0 heterocycles. The minimum absolute atomic E-state index is 0.0608. The van der Waals surface area contributed by atoms with Crippen LogP contribution in [0.1, 0.15) is 33.6 Å². The van der Waals surface area contributed by atoms with Crippen molar-refractivity contribution < 1.29 is 41.9 Å². The van der Waals surface area contributed by atoms with Crippen LogP contribution in [0.3, 0.4) is 0 Å². The van der Waals surface area contributed by atoms with E-state index in [4.69, 9.17) is 14.0 Å². The molecule has 0 aliphatic rings.